The van der Waals surface area contributed by atoms with Crippen LogP contribution < -0.4 is 10.6 Å². The zero-order valence-electron chi connectivity index (χ0n) is 13.7. The van der Waals surface area contributed by atoms with Gasteiger partial charge in [-0.3, -0.25) is 4.79 Å². The van der Waals surface area contributed by atoms with Crippen LogP contribution in [0.1, 0.15) is 61.9 Å². The predicted octanol–water partition coefficient (Wildman–Crippen LogP) is 3.54. The van der Waals surface area contributed by atoms with Gasteiger partial charge in [-0.1, -0.05) is 50.8 Å². The highest BCUT2D eigenvalue weighted by molar-refractivity contribution is 5.95. The van der Waals surface area contributed by atoms with E-state index in [4.69, 9.17) is 0 Å². The minimum atomic E-state index is 0.0599. The Kier molecular flexibility index (Phi) is 8.76. The van der Waals surface area contributed by atoms with Crippen LogP contribution in [0, 0.1) is 0 Å². The van der Waals surface area contributed by atoms with Gasteiger partial charge in [0.2, 0.25) is 0 Å². The Morgan fingerprint density at radius 2 is 1.95 bits per heavy atom. The molecule has 0 spiro atoms. The lowest BCUT2D eigenvalue weighted by Gasteiger charge is -2.15. The monoisotopic (exact) mass is 290 g/mol. The average Bonchev–Trinajstić information content (AvgIpc) is 2.49. The Morgan fingerprint density at radius 3 is 2.67 bits per heavy atom. The molecule has 0 bridgehead atoms. The maximum absolute atomic E-state index is 12.4. The van der Waals surface area contributed by atoms with Crippen LogP contribution in [0.25, 0.3) is 0 Å². The fourth-order valence-electron chi connectivity index (χ4n) is 2.47. The van der Waals surface area contributed by atoms with Crippen molar-refractivity contribution in [3.63, 3.8) is 0 Å². The van der Waals surface area contributed by atoms with E-state index in [0.29, 0.717) is 0 Å². The molecule has 0 saturated carbocycles. The molecule has 0 aliphatic heterocycles. The van der Waals surface area contributed by atoms with Gasteiger partial charge in [0.25, 0.3) is 5.91 Å². The fourth-order valence-corrected chi connectivity index (χ4v) is 2.47. The normalized spacial score (nSPS) is 12.1. The smallest absolute Gasteiger partial charge is 0.251 e. The van der Waals surface area contributed by atoms with Gasteiger partial charge in [0.1, 0.15) is 0 Å². The Morgan fingerprint density at radius 1 is 1.19 bits per heavy atom. The molecule has 0 radical (unpaired) electrons. The first-order chi connectivity index (χ1) is 10.2. The second-order valence-electron chi connectivity index (χ2n) is 5.73. The number of nitrogens with one attached hydrogen (secondary N) is 2. The summed E-state index contributed by atoms with van der Waals surface area (Å²) in [5.74, 6) is 0.0599. The van der Waals surface area contributed by atoms with E-state index in [2.05, 4.69) is 24.5 Å². The lowest BCUT2D eigenvalue weighted by Crippen LogP contribution is -2.33. The Labute approximate surface area is 129 Å². The number of unbranched alkanes of at least 4 members (excludes halogenated alkanes) is 3. The molecule has 3 heteroatoms. The molecule has 1 unspecified atom stereocenters. The van der Waals surface area contributed by atoms with E-state index in [1.807, 2.05) is 31.3 Å². The molecule has 3 nitrogen and oxygen atoms in total. The number of rotatable bonds is 10. The number of carbonyl (C=O) groups is 1. The van der Waals surface area contributed by atoms with E-state index in [0.717, 1.165) is 30.5 Å². The summed E-state index contributed by atoms with van der Waals surface area (Å²) in [4.78, 5) is 12.4. The Balaban J connectivity index is 2.50. The molecule has 0 aromatic heterocycles. The molecule has 1 aromatic carbocycles. The van der Waals surface area contributed by atoms with Crippen LogP contribution in [0.4, 0.5) is 0 Å². The molecular weight excluding hydrogens is 260 g/mol. The van der Waals surface area contributed by atoms with Crippen LogP contribution in [0.5, 0.6) is 0 Å². The van der Waals surface area contributed by atoms with Crippen molar-refractivity contribution in [1.29, 1.82) is 0 Å². The van der Waals surface area contributed by atoms with Crippen molar-refractivity contribution in [3.8, 4) is 0 Å². The molecule has 1 atom stereocenters. The summed E-state index contributed by atoms with van der Waals surface area (Å²) in [7, 11) is 1.93. The van der Waals surface area contributed by atoms with Gasteiger partial charge < -0.3 is 10.6 Å². The first kappa shape index (κ1) is 17.7. The molecule has 0 aliphatic rings. The highest BCUT2D eigenvalue weighted by atomic mass is 16.1. The molecule has 1 rings (SSSR count). The van der Waals surface area contributed by atoms with Gasteiger partial charge >= 0.3 is 0 Å². The third-order valence-electron chi connectivity index (χ3n) is 3.77. The summed E-state index contributed by atoms with van der Waals surface area (Å²) in [6.45, 7) is 5.20. The number of carbonyl (C=O) groups excluding carboxylic acids is 1. The standard InChI is InChI=1S/C18H30N2O/c1-4-5-6-7-10-15(2)20-18(21)17-12-9-8-11-16(17)13-14-19-3/h8-9,11-12,15,19H,4-7,10,13-14H2,1-3H3,(H,20,21). The number of hydrogen-bond acceptors (Lipinski definition) is 2. The molecule has 1 aromatic rings. The average molecular weight is 290 g/mol. The van der Waals surface area contributed by atoms with Gasteiger partial charge in [0, 0.05) is 11.6 Å². The highest BCUT2D eigenvalue weighted by Crippen LogP contribution is 2.11. The molecule has 0 heterocycles. The molecule has 118 valence electrons. The van der Waals surface area contributed by atoms with Crippen molar-refractivity contribution in [1.82, 2.24) is 10.6 Å². The van der Waals surface area contributed by atoms with E-state index < -0.39 is 0 Å². The van der Waals surface area contributed by atoms with Gasteiger partial charge in [0.15, 0.2) is 0 Å². The molecule has 1 amide bonds. The van der Waals surface area contributed by atoms with Crippen molar-refractivity contribution >= 4 is 5.91 Å². The summed E-state index contributed by atoms with van der Waals surface area (Å²) >= 11 is 0. The zero-order chi connectivity index (χ0) is 15.5. The highest BCUT2D eigenvalue weighted by Gasteiger charge is 2.12. The van der Waals surface area contributed by atoms with Gasteiger partial charge in [-0.25, -0.2) is 0 Å². The third-order valence-corrected chi connectivity index (χ3v) is 3.77. The van der Waals surface area contributed by atoms with Crippen LogP contribution >= 0.6 is 0 Å². The van der Waals surface area contributed by atoms with Crippen molar-refractivity contribution in [2.24, 2.45) is 0 Å². The van der Waals surface area contributed by atoms with Crippen molar-refractivity contribution < 1.29 is 4.79 Å². The summed E-state index contributed by atoms with van der Waals surface area (Å²) in [5.41, 5.74) is 1.93. The van der Waals surface area contributed by atoms with Crippen LogP contribution in [0.3, 0.4) is 0 Å². The first-order valence-electron chi connectivity index (χ1n) is 8.22. The lowest BCUT2D eigenvalue weighted by atomic mass is 10.0. The molecule has 0 saturated heterocycles. The summed E-state index contributed by atoms with van der Waals surface area (Å²) in [6.07, 6.45) is 6.93. The van der Waals surface area contributed by atoms with E-state index in [1.54, 1.807) is 0 Å². The minimum absolute atomic E-state index is 0.0599. The van der Waals surface area contributed by atoms with Gasteiger partial charge in [-0.2, -0.15) is 0 Å². The molecule has 2 N–H and O–H groups in total. The maximum Gasteiger partial charge on any atom is 0.251 e. The molecule has 0 aliphatic carbocycles. The van der Waals surface area contributed by atoms with E-state index in [1.165, 1.54) is 25.7 Å². The van der Waals surface area contributed by atoms with E-state index >= 15 is 0 Å². The first-order valence-corrected chi connectivity index (χ1v) is 8.22. The van der Waals surface area contributed by atoms with Crippen LogP contribution in [0.2, 0.25) is 0 Å². The van der Waals surface area contributed by atoms with E-state index in [-0.39, 0.29) is 11.9 Å². The van der Waals surface area contributed by atoms with Gasteiger partial charge in [-0.05, 0) is 45.0 Å². The van der Waals surface area contributed by atoms with E-state index in [9.17, 15) is 4.79 Å². The number of hydrogen-bond donors (Lipinski definition) is 2. The Hall–Kier alpha value is -1.35. The molecular formula is C18H30N2O. The maximum atomic E-state index is 12.4. The molecule has 21 heavy (non-hydrogen) atoms. The fraction of sp³-hybridized carbons (Fsp3) is 0.611. The van der Waals surface area contributed by atoms with Crippen LogP contribution in [0.15, 0.2) is 24.3 Å². The predicted molar refractivity (Wildman–Crippen MR) is 89.8 cm³/mol. The summed E-state index contributed by atoms with van der Waals surface area (Å²) in [6, 6.07) is 8.13. The number of likely N-dealkylation sites (N-methyl/N-ethyl adjacent to an activating group) is 1. The lowest BCUT2D eigenvalue weighted by molar-refractivity contribution is 0.0937. The zero-order valence-corrected chi connectivity index (χ0v) is 13.7. The minimum Gasteiger partial charge on any atom is -0.350 e. The van der Waals surface area contributed by atoms with Crippen molar-refractivity contribution in [2.45, 2.75) is 58.4 Å². The number of benzene rings is 1. The van der Waals surface area contributed by atoms with Crippen molar-refractivity contribution in [2.75, 3.05) is 13.6 Å². The largest absolute Gasteiger partial charge is 0.350 e. The SMILES string of the molecule is CCCCCCC(C)NC(=O)c1ccccc1CCNC. The van der Waals surface area contributed by atoms with Crippen molar-refractivity contribution in [3.05, 3.63) is 35.4 Å². The molecule has 0 fully saturated rings. The third kappa shape index (κ3) is 6.76. The van der Waals surface area contributed by atoms with Gasteiger partial charge in [0.05, 0.1) is 0 Å². The Bertz CT molecular complexity index is 417. The summed E-state index contributed by atoms with van der Waals surface area (Å²) < 4.78 is 0. The van der Waals surface area contributed by atoms with Crippen LogP contribution in [-0.2, 0) is 6.42 Å². The second kappa shape index (κ2) is 10.4. The quantitative estimate of drug-likeness (QED) is 0.647. The number of amides is 1. The van der Waals surface area contributed by atoms with Crippen LogP contribution in [-0.4, -0.2) is 25.5 Å². The summed E-state index contributed by atoms with van der Waals surface area (Å²) in [5, 5.41) is 6.26. The second-order valence-corrected chi connectivity index (χ2v) is 5.73. The van der Waals surface area contributed by atoms with Gasteiger partial charge in [-0.15, -0.1) is 0 Å². The topological polar surface area (TPSA) is 41.1 Å².